The molecule has 2 bridgehead atoms. The molecule has 3 atom stereocenters. The van der Waals surface area contributed by atoms with E-state index in [1.807, 2.05) is 12.3 Å². The summed E-state index contributed by atoms with van der Waals surface area (Å²) in [6.45, 7) is 4.34. The van der Waals surface area contributed by atoms with E-state index in [2.05, 4.69) is 16.8 Å². The molecule has 0 aliphatic carbocycles. The topological polar surface area (TPSA) is 53.4 Å². The molecule has 1 aromatic heterocycles. The number of aliphatic hydroxyl groups excluding tert-OH is 1. The Hall–Kier alpha value is -0.940. The minimum atomic E-state index is -0.0458. The van der Waals surface area contributed by atoms with E-state index in [-0.39, 0.29) is 24.0 Å². The summed E-state index contributed by atoms with van der Waals surface area (Å²) in [6.07, 6.45) is 5.37. The van der Waals surface area contributed by atoms with E-state index in [1.165, 1.54) is 0 Å². The SMILES string of the molecule is CC[C@]1(CO)C[C@H]2CC[C@@H]1N2C(=O)CCc1csc(C)n1. The van der Waals surface area contributed by atoms with Crippen LogP contribution in [0.3, 0.4) is 0 Å². The second kappa shape index (κ2) is 5.69. The third-order valence-electron chi connectivity index (χ3n) is 5.42. The third-order valence-corrected chi connectivity index (χ3v) is 6.24. The van der Waals surface area contributed by atoms with Crippen LogP contribution >= 0.6 is 11.3 Å². The number of fused-ring (bicyclic) bond motifs is 2. The number of aliphatic hydroxyl groups is 1. The van der Waals surface area contributed by atoms with Gasteiger partial charge in [0.25, 0.3) is 0 Å². The Morgan fingerprint density at radius 2 is 2.38 bits per heavy atom. The van der Waals surface area contributed by atoms with Gasteiger partial charge in [0, 0.05) is 29.3 Å². The molecule has 116 valence electrons. The molecule has 1 N–H and O–H groups in total. The molecule has 21 heavy (non-hydrogen) atoms. The van der Waals surface area contributed by atoms with Crippen LogP contribution in [0.5, 0.6) is 0 Å². The normalized spacial score (nSPS) is 31.1. The van der Waals surface area contributed by atoms with Crippen LogP contribution in [0.25, 0.3) is 0 Å². The lowest BCUT2D eigenvalue weighted by molar-refractivity contribution is -0.133. The number of nitrogens with zero attached hydrogens (tertiary/aromatic N) is 2. The van der Waals surface area contributed by atoms with Crippen molar-refractivity contribution in [3.63, 3.8) is 0 Å². The zero-order valence-corrected chi connectivity index (χ0v) is 13.7. The fraction of sp³-hybridized carbons (Fsp3) is 0.750. The Kier molecular flexibility index (Phi) is 4.06. The van der Waals surface area contributed by atoms with Crippen LogP contribution in [0.1, 0.15) is 49.7 Å². The number of hydrogen-bond donors (Lipinski definition) is 1. The number of carbonyl (C=O) groups excluding carboxylic acids is 1. The molecule has 0 unspecified atom stereocenters. The molecule has 1 amide bonds. The summed E-state index contributed by atoms with van der Waals surface area (Å²) in [6, 6.07) is 0.606. The molecule has 2 fully saturated rings. The zero-order valence-electron chi connectivity index (χ0n) is 12.8. The second-order valence-electron chi connectivity index (χ2n) is 6.48. The summed E-state index contributed by atoms with van der Waals surface area (Å²) in [7, 11) is 0. The van der Waals surface area contributed by atoms with Crippen LogP contribution in [-0.2, 0) is 11.2 Å². The van der Waals surface area contributed by atoms with E-state index >= 15 is 0 Å². The van der Waals surface area contributed by atoms with E-state index in [0.717, 1.165) is 42.8 Å². The first-order chi connectivity index (χ1) is 10.1. The van der Waals surface area contributed by atoms with E-state index in [0.29, 0.717) is 12.5 Å². The van der Waals surface area contributed by atoms with Crippen molar-refractivity contribution in [3.8, 4) is 0 Å². The first-order valence-corrected chi connectivity index (χ1v) is 8.80. The standard InChI is InChI=1S/C16H24N2O2S/c1-3-16(10-19)8-13-5-6-14(16)18(13)15(20)7-4-12-9-21-11(2)17-12/h9,13-14,19H,3-8,10H2,1-2H3/t13-,14+,16-/m1/s1. The molecule has 5 heteroatoms. The van der Waals surface area contributed by atoms with Crippen molar-refractivity contribution in [2.45, 2.75) is 64.5 Å². The van der Waals surface area contributed by atoms with Crippen molar-refractivity contribution in [1.29, 1.82) is 0 Å². The van der Waals surface area contributed by atoms with Crippen LogP contribution in [0, 0.1) is 12.3 Å². The Morgan fingerprint density at radius 3 is 2.95 bits per heavy atom. The number of aryl methyl sites for hydroxylation is 2. The molecule has 0 radical (unpaired) electrons. The Balaban J connectivity index is 1.65. The second-order valence-corrected chi connectivity index (χ2v) is 7.55. The fourth-order valence-corrected chi connectivity index (χ4v) is 4.86. The van der Waals surface area contributed by atoms with Gasteiger partial charge in [-0.2, -0.15) is 0 Å². The van der Waals surface area contributed by atoms with Crippen molar-refractivity contribution in [2.75, 3.05) is 6.61 Å². The van der Waals surface area contributed by atoms with Crippen LogP contribution in [-0.4, -0.2) is 39.6 Å². The first kappa shape index (κ1) is 15.0. The number of rotatable bonds is 5. The van der Waals surface area contributed by atoms with Crippen LogP contribution in [0.15, 0.2) is 5.38 Å². The molecule has 1 aromatic rings. The van der Waals surface area contributed by atoms with Gasteiger partial charge in [-0.3, -0.25) is 4.79 Å². The maximum Gasteiger partial charge on any atom is 0.223 e. The third kappa shape index (κ3) is 2.50. The highest BCUT2D eigenvalue weighted by molar-refractivity contribution is 7.09. The lowest BCUT2D eigenvalue weighted by Crippen LogP contribution is -2.42. The Bertz CT molecular complexity index is 524. The van der Waals surface area contributed by atoms with Gasteiger partial charge in [0.15, 0.2) is 0 Å². The lowest BCUT2D eigenvalue weighted by atomic mass is 9.72. The molecule has 2 saturated heterocycles. The van der Waals surface area contributed by atoms with Gasteiger partial charge >= 0.3 is 0 Å². The van der Waals surface area contributed by atoms with Crippen molar-refractivity contribution < 1.29 is 9.90 Å². The molecule has 3 heterocycles. The number of amides is 1. The largest absolute Gasteiger partial charge is 0.396 e. The Morgan fingerprint density at radius 1 is 1.57 bits per heavy atom. The summed E-state index contributed by atoms with van der Waals surface area (Å²) in [4.78, 5) is 19.2. The minimum absolute atomic E-state index is 0.0458. The highest BCUT2D eigenvalue weighted by Crippen LogP contribution is 2.51. The average Bonchev–Trinajstić information content (AvgIpc) is 3.17. The van der Waals surface area contributed by atoms with E-state index < -0.39 is 0 Å². The average molecular weight is 308 g/mol. The predicted molar refractivity (Wildman–Crippen MR) is 83.3 cm³/mol. The highest BCUT2D eigenvalue weighted by Gasteiger charge is 2.55. The summed E-state index contributed by atoms with van der Waals surface area (Å²) in [5.74, 6) is 0.247. The van der Waals surface area contributed by atoms with Crippen molar-refractivity contribution in [2.24, 2.45) is 5.41 Å². The number of carbonyl (C=O) groups is 1. The summed E-state index contributed by atoms with van der Waals surface area (Å²) in [5, 5.41) is 12.9. The first-order valence-electron chi connectivity index (χ1n) is 7.92. The van der Waals surface area contributed by atoms with Gasteiger partial charge in [0.2, 0.25) is 5.91 Å². The quantitative estimate of drug-likeness (QED) is 0.909. The fourth-order valence-electron chi connectivity index (χ4n) is 4.22. The molecular formula is C16H24N2O2S. The molecule has 0 spiro atoms. The molecule has 2 aliphatic rings. The van der Waals surface area contributed by atoms with Gasteiger partial charge in [-0.15, -0.1) is 11.3 Å². The van der Waals surface area contributed by atoms with Gasteiger partial charge in [-0.05, 0) is 39.0 Å². The van der Waals surface area contributed by atoms with Crippen molar-refractivity contribution >= 4 is 17.2 Å². The van der Waals surface area contributed by atoms with E-state index in [9.17, 15) is 9.90 Å². The van der Waals surface area contributed by atoms with Crippen molar-refractivity contribution in [3.05, 3.63) is 16.1 Å². The summed E-state index contributed by atoms with van der Waals surface area (Å²) in [5.41, 5.74) is 0.983. The number of thiazole rings is 1. The summed E-state index contributed by atoms with van der Waals surface area (Å²) < 4.78 is 0. The van der Waals surface area contributed by atoms with Crippen LogP contribution in [0.2, 0.25) is 0 Å². The van der Waals surface area contributed by atoms with Crippen LogP contribution in [0.4, 0.5) is 0 Å². The molecule has 0 saturated carbocycles. The minimum Gasteiger partial charge on any atom is -0.396 e. The van der Waals surface area contributed by atoms with Crippen LogP contribution < -0.4 is 0 Å². The highest BCUT2D eigenvalue weighted by atomic mass is 32.1. The van der Waals surface area contributed by atoms with Crippen molar-refractivity contribution in [1.82, 2.24) is 9.88 Å². The van der Waals surface area contributed by atoms with Gasteiger partial charge in [0.1, 0.15) is 0 Å². The molecule has 0 aromatic carbocycles. The number of hydrogen-bond acceptors (Lipinski definition) is 4. The zero-order chi connectivity index (χ0) is 15.0. The molecule has 2 aliphatic heterocycles. The van der Waals surface area contributed by atoms with Gasteiger partial charge in [-0.25, -0.2) is 4.98 Å². The van der Waals surface area contributed by atoms with E-state index in [1.54, 1.807) is 11.3 Å². The van der Waals surface area contributed by atoms with Gasteiger partial charge in [-0.1, -0.05) is 6.92 Å². The lowest BCUT2D eigenvalue weighted by Gasteiger charge is -2.34. The Labute approximate surface area is 130 Å². The molecule has 3 rings (SSSR count). The predicted octanol–water partition coefficient (Wildman–Crippen LogP) is 2.54. The maximum atomic E-state index is 12.6. The monoisotopic (exact) mass is 308 g/mol. The molecular weight excluding hydrogens is 284 g/mol. The summed E-state index contributed by atoms with van der Waals surface area (Å²) >= 11 is 1.64. The maximum absolute atomic E-state index is 12.6. The van der Waals surface area contributed by atoms with Gasteiger partial charge in [0.05, 0.1) is 17.3 Å². The van der Waals surface area contributed by atoms with E-state index in [4.69, 9.17) is 0 Å². The number of aromatic nitrogens is 1. The smallest absolute Gasteiger partial charge is 0.223 e. The van der Waals surface area contributed by atoms with Gasteiger partial charge < -0.3 is 10.0 Å². The molecule has 4 nitrogen and oxygen atoms in total.